The minimum atomic E-state index is -0.193. The molecule has 0 aliphatic carbocycles. The van der Waals surface area contributed by atoms with Gasteiger partial charge in [0.2, 0.25) is 0 Å². The molecule has 0 radical (unpaired) electrons. The van der Waals surface area contributed by atoms with Crippen LogP contribution in [0.4, 0.5) is 0 Å². The van der Waals surface area contributed by atoms with Crippen LogP contribution in [0.5, 0.6) is 11.5 Å². The fourth-order valence-electron chi connectivity index (χ4n) is 1.68. The quantitative estimate of drug-likeness (QED) is 0.475. The molecule has 0 aliphatic rings. The molecule has 19 heavy (non-hydrogen) atoms. The topological polar surface area (TPSA) is 92.0 Å². The van der Waals surface area contributed by atoms with Gasteiger partial charge >= 0.3 is 116 Å². The van der Waals surface area contributed by atoms with Crippen LogP contribution in [0.1, 0.15) is 0 Å². The third kappa shape index (κ3) is 2.11. The van der Waals surface area contributed by atoms with Gasteiger partial charge in [0.1, 0.15) is 0 Å². The van der Waals surface area contributed by atoms with Crippen molar-refractivity contribution in [2.75, 3.05) is 0 Å². The average Bonchev–Trinajstić information content (AvgIpc) is 2.42. The fourth-order valence-corrected chi connectivity index (χ4v) is 2.25. The van der Waals surface area contributed by atoms with E-state index in [1.807, 2.05) is 0 Å². The predicted molar refractivity (Wildman–Crippen MR) is 72.1 cm³/mol. The molecule has 0 saturated heterocycles. The summed E-state index contributed by atoms with van der Waals surface area (Å²) in [4.78, 5) is 16.8. The Kier molecular flexibility index (Phi) is 2.80. The molecule has 3 aromatic rings. The van der Waals surface area contributed by atoms with E-state index in [-0.39, 0.29) is 11.5 Å². The molecule has 2 N–H and O–H groups in total. The summed E-state index contributed by atoms with van der Waals surface area (Å²) >= 11 is 1.36. The SMILES string of the molecule is Oc1ccc(-c2cnc3c([AsH2])ncnc3n2)cc1O. The number of rotatable bonds is 1. The molecule has 1 atom stereocenters. The van der Waals surface area contributed by atoms with Crippen molar-refractivity contribution in [2.45, 2.75) is 0 Å². The Morgan fingerprint density at radius 2 is 1.84 bits per heavy atom. The second-order valence-corrected chi connectivity index (χ2v) is 5.04. The standard InChI is InChI=1S/C12H9AsN4O2/c13-11-10-12(16-5-15-11)17-7(4-14-10)6-1-2-8(18)9(19)3-6/h1-5,18-19H,13H2. The molecule has 1 unspecified atom stereocenters. The number of aromatic nitrogens is 4. The van der Waals surface area contributed by atoms with E-state index >= 15 is 0 Å². The summed E-state index contributed by atoms with van der Waals surface area (Å²) in [6.45, 7) is 0. The molecule has 7 heteroatoms. The summed E-state index contributed by atoms with van der Waals surface area (Å²) in [6, 6.07) is 4.50. The fraction of sp³-hybridized carbons (Fsp3) is 0. The minimum absolute atomic E-state index is 0.168. The molecule has 2 aromatic heterocycles. The van der Waals surface area contributed by atoms with Crippen LogP contribution in [0.15, 0.2) is 30.7 Å². The Morgan fingerprint density at radius 3 is 2.63 bits per heavy atom. The summed E-state index contributed by atoms with van der Waals surface area (Å²) in [5.74, 6) is -0.361. The first-order chi connectivity index (χ1) is 9.15. The van der Waals surface area contributed by atoms with Crippen LogP contribution in [-0.2, 0) is 0 Å². The number of aromatic hydroxyl groups is 2. The monoisotopic (exact) mass is 316 g/mol. The summed E-state index contributed by atoms with van der Waals surface area (Å²) < 4.78 is 0.824. The maximum atomic E-state index is 9.50. The van der Waals surface area contributed by atoms with Crippen LogP contribution < -0.4 is 4.48 Å². The van der Waals surface area contributed by atoms with Crippen LogP contribution in [-0.4, -0.2) is 47.0 Å². The number of phenols is 2. The first kappa shape index (κ1) is 11.9. The van der Waals surface area contributed by atoms with Gasteiger partial charge in [-0.2, -0.15) is 0 Å². The Morgan fingerprint density at radius 1 is 1.00 bits per heavy atom. The van der Waals surface area contributed by atoms with Gasteiger partial charge in [0, 0.05) is 0 Å². The van der Waals surface area contributed by atoms with E-state index in [1.54, 1.807) is 12.3 Å². The molecular formula is C12H9AsN4O2. The normalized spacial score (nSPS) is 10.8. The maximum absolute atomic E-state index is 9.50. The summed E-state index contributed by atoms with van der Waals surface area (Å²) in [6.07, 6.45) is 3.05. The summed E-state index contributed by atoms with van der Waals surface area (Å²) in [5.41, 5.74) is 2.42. The van der Waals surface area contributed by atoms with Gasteiger partial charge in [0.25, 0.3) is 0 Å². The van der Waals surface area contributed by atoms with E-state index in [9.17, 15) is 10.2 Å². The molecule has 0 saturated carbocycles. The molecule has 3 rings (SSSR count). The van der Waals surface area contributed by atoms with E-state index in [1.165, 1.54) is 35.3 Å². The Balaban J connectivity index is 2.17. The third-order valence-corrected chi connectivity index (χ3v) is 3.53. The first-order valence-corrected chi connectivity index (χ1v) is 6.62. The zero-order valence-corrected chi connectivity index (χ0v) is 12.1. The van der Waals surface area contributed by atoms with Crippen LogP contribution in [0, 0.1) is 0 Å². The van der Waals surface area contributed by atoms with Crippen LogP contribution in [0.25, 0.3) is 22.4 Å². The van der Waals surface area contributed by atoms with Gasteiger partial charge in [0.05, 0.1) is 0 Å². The van der Waals surface area contributed by atoms with Crippen molar-refractivity contribution in [2.24, 2.45) is 0 Å². The number of phenolic OH excluding ortho intramolecular Hbond substituents is 2. The van der Waals surface area contributed by atoms with Gasteiger partial charge in [-0.15, -0.1) is 0 Å². The number of hydrogen-bond acceptors (Lipinski definition) is 6. The van der Waals surface area contributed by atoms with Crippen LogP contribution in [0.2, 0.25) is 0 Å². The number of fused-ring (bicyclic) bond motifs is 1. The van der Waals surface area contributed by atoms with Gasteiger partial charge < -0.3 is 0 Å². The molecule has 6 nitrogen and oxygen atoms in total. The van der Waals surface area contributed by atoms with Gasteiger partial charge in [0.15, 0.2) is 0 Å². The second kappa shape index (κ2) is 4.48. The average molecular weight is 316 g/mol. The van der Waals surface area contributed by atoms with Crippen molar-refractivity contribution in [1.29, 1.82) is 0 Å². The molecule has 0 aliphatic heterocycles. The third-order valence-electron chi connectivity index (χ3n) is 2.64. The second-order valence-electron chi connectivity index (χ2n) is 3.89. The molecule has 2 heterocycles. The predicted octanol–water partition coefficient (Wildman–Crippen LogP) is -0.244. The van der Waals surface area contributed by atoms with E-state index in [0.29, 0.717) is 22.4 Å². The molecular weight excluding hydrogens is 307 g/mol. The van der Waals surface area contributed by atoms with Crippen LogP contribution in [0.3, 0.4) is 0 Å². The van der Waals surface area contributed by atoms with E-state index < -0.39 is 0 Å². The van der Waals surface area contributed by atoms with Crippen molar-refractivity contribution in [1.82, 2.24) is 19.9 Å². The zero-order valence-electron chi connectivity index (χ0n) is 9.65. The number of nitrogens with zero attached hydrogens (tertiary/aromatic N) is 4. The molecule has 0 amide bonds. The number of hydrogen-bond donors (Lipinski definition) is 2. The van der Waals surface area contributed by atoms with Crippen molar-refractivity contribution < 1.29 is 10.2 Å². The van der Waals surface area contributed by atoms with Crippen molar-refractivity contribution >= 4 is 32.5 Å². The van der Waals surface area contributed by atoms with Gasteiger partial charge in [-0.1, -0.05) is 0 Å². The van der Waals surface area contributed by atoms with Gasteiger partial charge in [-0.3, -0.25) is 0 Å². The molecule has 1 aromatic carbocycles. The zero-order chi connectivity index (χ0) is 13.4. The Bertz CT molecular complexity index is 779. The van der Waals surface area contributed by atoms with Crippen molar-refractivity contribution in [3.8, 4) is 22.8 Å². The van der Waals surface area contributed by atoms with Crippen molar-refractivity contribution in [3.05, 3.63) is 30.7 Å². The molecule has 94 valence electrons. The summed E-state index contributed by atoms with van der Waals surface area (Å²) in [5, 5.41) is 18.8. The van der Waals surface area contributed by atoms with E-state index in [0.717, 1.165) is 4.48 Å². The molecule has 0 bridgehead atoms. The van der Waals surface area contributed by atoms with E-state index in [4.69, 9.17) is 0 Å². The first-order valence-electron chi connectivity index (χ1n) is 5.41. The molecule has 0 spiro atoms. The van der Waals surface area contributed by atoms with Crippen molar-refractivity contribution in [3.63, 3.8) is 0 Å². The summed E-state index contributed by atoms with van der Waals surface area (Å²) in [7, 11) is 0. The number of benzene rings is 1. The molecule has 0 fully saturated rings. The Labute approximate surface area is 116 Å². The van der Waals surface area contributed by atoms with E-state index in [2.05, 4.69) is 19.9 Å². The Hall–Kier alpha value is -2.20. The van der Waals surface area contributed by atoms with Gasteiger partial charge in [-0.25, -0.2) is 0 Å². The van der Waals surface area contributed by atoms with Crippen LogP contribution >= 0.6 is 0 Å². The van der Waals surface area contributed by atoms with Gasteiger partial charge in [-0.05, 0) is 0 Å².